The molecule has 2 aliphatic rings. The highest BCUT2D eigenvalue weighted by Crippen LogP contribution is 2.43. The van der Waals surface area contributed by atoms with Crippen LogP contribution in [0.15, 0.2) is 24.3 Å². The minimum absolute atomic E-state index is 0.0292. The first-order valence-electron chi connectivity index (χ1n) is 14.9. The van der Waals surface area contributed by atoms with Crippen molar-refractivity contribution in [3.63, 3.8) is 0 Å². The van der Waals surface area contributed by atoms with Gasteiger partial charge < -0.3 is 25.0 Å². The second kappa shape index (κ2) is 11.9. The lowest BCUT2D eigenvalue weighted by molar-refractivity contribution is 0.107. The summed E-state index contributed by atoms with van der Waals surface area (Å²) in [6.45, 7) is 4.76. The number of fused-ring (bicyclic) bond motifs is 3. The number of aliphatic hydroxyl groups excluding tert-OH is 1. The summed E-state index contributed by atoms with van der Waals surface area (Å²) in [6.07, 6.45) is 6.67. The van der Waals surface area contributed by atoms with Gasteiger partial charge in [0.05, 0.1) is 30.9 Å². The van der Waals surface area contributed by atoms with Crippen molar-refractivity contribution in [1.29, 1.82) is 0 Å². The molecule has 45 heavy (non-hydrogen) atoms. The van der Waals surface area contributed by atoms with Gasteiger partial charge in [0.15, 0.2) is 5.82 Å². The molecule has 0 bridgehead atoms. The normalized spacial score (nSPS) is 20.5. The third-order valence-corrected chi connectivity index (χ3v) is 8.93. The topological polar surface area (TPSA) is 113 Å². The Morgan fingerprint density at radius 3 is 2.71 bits per heavy atom. The summed E-state index contributed by atoms with van der Waals surface area (Å²) in [6, 6.07) is 4.60. The molecule has 0 unspecified atom stereocenters. The number of anilines is 1. The van der Waals surface area contributed by atoms with Gasteiger partial charge >= 0.3 is 6.01 Å². The largest absolute Gasteiger partial charge is 0.508 e. The van der Waals surface area contributed by atoms with Crippen molar-refractivity contribution in [3.8, 4) is 41.2 Å². The summed E-state index contributed by atoms with van der Waals surface area (Å²) in [4.78, 5) is 15.5. The molecule has 2 aliphatic heterocycles. The number of nitrogens with zero attached hydrogens (tertiary/aromatic N) is 4. The lowest BCUT2D eigenvalue weighted by Gasteiger charge is -2.31. The Kier molecular flexibility index (Phi) is 8.09. The Balaban J connectivity index is 1.56. The predicted octanol–water partition coefficient (Wildman–Crippen LogP) is 5.20. The molecule has 2 saturated heterocycles. The summed E-state index contributed by atoms with van der Waals surface area (Å²) in [7, 11) is 1.35. The monoisotopic (exact) mass is 621 g/mol. The lowest BCUT2D eigenvalue weighted by atomic mass is 9.95. The summed E-state index contributed by atoms with van der Waals surface area (Å²) in [5, 5.41) is 24.4. The van der Waals surface area contributed by atoms with Crippen LogP contribution >= 0.6 is 0 Å². The zero-order valence-corrected chi connectivity index (χ0v) is 25.2. The molecule has 2 fully saturated rings. The van der Waals surface area contributed by atoms with E-state index >= 15 is 4.39 Å². The number of hydrogen-bond acceptors (Lipinski definition) is 9. The third-order valence-electron chi connectivity index (χ3n) is 8.93. The SMILES string of the molecule is C#Cc1c(F)ccc2cc(O)cc(-c3nc(OC)c4c(N[C@@H](CO)C(C)C)nc(OC[C@@]56CCCN5C[C@H](F)C6)nc4c3F)c12. The number of aliphatic hydroxyl groups is 1. The number of aromatic nitrogens is 3. The number of halogens is 3. The number of methoxy groups -OCH3 is 1. The minimum Gasteiger partial charge on any atom is -0.508 e. The maximum atomic E-state index is 16.8. The molecule has 0 saturated carbocycles. The summed E-state index contributed by atoms with van der Waals surface area (Å²) in [5.74, 6) is 0.497. The molecule has 12 heteroatoms. The van der Waals surface area contributed by atoms with Gasteiger partial charge in [0.25, 0.3) is 0 Å². The van der Waals surface area contributed by atoms with Crippen LogP contribution < -0.4 is 14.8 Å². The zero-order chi connectivity index (χ0) is 32.0. The Morgan fingerprint density at radius 2 is 2.00 bits per heavy atom. The van der Waals surface area contributed by atoms with Crippen molar-refractivity contribution in [2.24, 2.45) is 5.92 Å². The smallest absolute Gasteiger partial charge is 0.319 e. The van der Waals surface area contributed by atoms with Gasteiger partial charge in [-0.15, -0.1) is 6.42 Å². The molecular formula is C33H34F3N5O4. The number of aromatic hydroxyl groups is 1. The van der Waals surface area contributed by atoms with E-state index in [-0.39, 0.29) is 75.7 Å². The molecule has 0 aliphatic carbocycles. The molecule has 3 N–H and O–H groups in total. The van der Waals surface area contributed by atoms with Gasteiger partial charge in [-0.05, 0) is 48.9 Å². The Morgan fingerprint density at radius 1 is 1.20 bits per heavy atom. The van der Waals surface area contributed by atoms with Crippen LogP contribution in [0.4, 0.5) is 19.0 Å². The summed E-state index contributed by atoms with van der Waals surface area (Å²) >= 11 is 0. The van der Waals surface area contributed by atoms with Crippen molar-refractivity contribution in [2.45, 2.75) is 50.9 Å². The highest BCUT2D eigenvalue weighted by atomic mass is 19.1. The van der Waals surface area contributed by atoms with Gasteiger partial charge in [-0.25, -0.2) is 18.2 Å². The van der Waals surface area contributed by atoms with E-state index in [1.165, 1.54) is 31.4 Å². The zero-order valence-electron chi connectivity index (χ0n) is 25.2. The highest BCUT2D eigenvalue weighted by Gasteiger charge is 2.49. The Bertz CT molecular complexity index is 1830. The van der Waals surface area contributed by atoms with Crippen LogP contribution in [-0.2, 0) is 0 Å². The number of phenolic OH excluding ortho intramolecular Hbond substituents is 1. The molecule has 0 radical (unpaired) electrons. The van der Waals surface area contributed by atoms with Crippen molar-refractivity contribution in [3.05, 3.63) is 41.5 Å². The molecule has 0 spiro atoms. The Labute approximate surface area is 258 Å². The maximum absolute atomic E-state index is 16.8. The van der Waals surface area contributed by atoms with E-state index in [2.05, 4.69) is 31.1 Å². The number of alkyl halides is 1. The van der Waals surface area contributed by atoms with Gasteiger partial charge in [-0.1, -0.05) is 25.8 Å². The van der Waals surface area contributed by atoms with E-state index < -0.39 is 29.4 Å². The quantitative estimate of drug-likeness (QED) is 0.217. The van der Waals surface area contributed by atoms with E-state index in [9.17, 15) is 19.0 Å². The molecule has 2 aromatic heterocycles. The number of benzene rings is 2. The maximum Gasteiger partial charge on any atom is 0.319 e. The average Bonchev–Trinajstić information content (AvgIpc) is 3.54. The fourth-order valence-electron chi connectivity index (χ4n) is 6.61. The van der Waals surface area contributed by atoms with Crippen LogP contribution in [0.1, 0.15) is 38.7 Å². The van der Waals surface area contributed by atoms with Crippen LogP contribution in [-0.4, -0.2) is 81.2 Å². The molecule has 4 aromatic rings. The number of nitrogens with one attached hydrogen (secondary N) is 1. The van der Waals surface area contributed by atoms with Gasteiger partial charge in [-0.2, -0.15) is 9.97 Å². The first kappa shape index (κ1) is 30.7. The number of rotatable bonds is 9. The van der Waals surface area contributed by atoms with E-state index in [1.54, 1.807) is 0 Å². The molecule has 3 atom stereocenters. The second-order valence-electron chi connectivity index (χ2n) is 12.1. The number of hydrogen-bond donors (Lipinski definition) is 3. The molecular weight excluding hydrogens is 587 g/mol. The van der Waals surface area contributed by atoms with Crippen molar-refractivity contribution in [1.82, 2.24) is 19.9 Å². The van der Waals surface area contributed by atoms with Crippen molar-refractivity contribution < 1.29 is 32.9 Å². The van der Waals surface area contributed by atoms with Crippen LogP contribution in [0, 0.1) is 29.9 Å². The number of ether oxygens (including phenoxy) is 2. The van der Waals surface area contributed by atoms with Gasteiger partial charge in [-0.3, -0.25) is 4.90 Å². The second-order valence-corrected chi connectivity index (χ2v) is 12.1. The molecule has 236 valence electrons. The fraction of sp³-hybridized carbons (Fsp3) is 0.424. The van der Waals surface area contributed by atoms with Gasteiger partial charge in [0.2, 0.25) is 5.88 Å². The van der Waals surface area contributed by atoms with Gasteiger partial charge in [0.1, 0.15) is 46.8 Å². The van der Waals surface area contributed by atoms with Crippen molar-refractivity contribution in [2.75, 3.05) is 38.7 Å². The Hall–Kier alpha value is -4.34. The predicted molar refractivity (Wildman–Crippen MR) is 164 cm³/mol. The first-order valence-corrected chi connectivity index (χ1v) is 14.9. The standard InChI is InChI=1S/C33H34F3N5O4/c1-5-21-23(35)8-7-18-11-20(43)12-22(25(18)21)28-27(36)29-26(31(38-28)44-4)30(37-24(15-42)17(2)3)40-32(39-29)45-16-33-9-6-10-41(33)14-19(34)13-33/h1,7-8,11-12,17,19,24,42-43H,6,9-10,13-16H2,2-4H3,(H,37,39,40)/t19-,24+,33+/m1/s1. The van der Waals surface area contributed by atoms with E-state index in [0.717, 1.165) is 19.4 Å². The van der Waals surface area contributed by atoms with Gasteiger partial charge in [0, 0.05) is 23.9 Å². The highest BCUT2D eigenvalue weighted by molar-refractivity contribution is 6.04. The summed E-state index contributed by atoms with van der Waals surface area (Å²) < 4.78 is 57.8. The average molecular weight is 622 g/mol. The van der Waals surface area contributed by atoms with Crippen molar-refractivity contribution >= 4 is 27.5 Å². The first-order chi connectivity index (χ1) is 21.6. The van der Waals surface area contributed by atoms with E-state index in [1.807, 2.05) is 13.8 Å². The molecule has 4 heterocycles. The fourth-order valence-corrected chi connectivity index (χ4v) is 6.61. The molecule has 2 aromatic carbocycles. The van der Waals surface area contributed by atoms with E-state index in [0.29, 0.717) is 18.4 Å². The molecule has 6 rings (SSSR count). The molecule has 0 amide bonds. The molecule has 9 nitrogen and oxygen atoms in total. The van der Waals surface area contributed by atoms with Crippen LogP contribution in [0.25, 0.3) is 32.9 Å². The van der Waals surface area contributed by atoms with Crippen LogP contribution in [0.5, 0.6) is 17.6 Å². The number of terminal acetylenes is 1. The minimum atomic E-state index is -0.967. The third kappa shape index (κ3) is 5.34. The lowest BCUT2D eigenvalue weighted by Crippen LogP contribution is -2.43. The number of pyridine rings is 1. The summed E-state index contributed by atoms with van der Waals surface area (Å²) in [5.41, 5.74) is -1.12. The number of phenols is 1. The van der Waals surface area contributed by atoms with Crippen LogP contribution in [0.3, 0.4) is 0 Å². The van der Waals surface area contributed by atoms with Crippen LogP contribution in [0.2, 0.25) is 0 Å². The van der Waals surface area contributed by atoms with E-state index in [4.69, 9.17) is 15.9 Å².